The first kappa shape index (κ1) is 19.4. The first-order chi connectivity index (χ1) is 13.9. The second-order valence-electron chi connectivity index (χ2n) is 7.11. The molecule has 0 atom stereocenters. The molecule has 1 aliphatic heterocycles. The number of rotatable bonds is 3. The number of benzene rings is 1. The third kappa shape index (κ3) is 3.94. The van der Waals surface area contributed by atoms with Crippen LogP contribution in [0, 0.1) is 0 Å². The predicted molar refractivity (Wildman–Crippen MR) is 110 cm³/mol. The molecule has 0 saturated carbocycles. The highest BCUT2D eigenvalue weighted by Crippen LogP contribution is 2.15. The second-order valence-corrected chi connectivity index (χ2v) is 7.54. The smallest absolute Gasteiger partial charge is 0.329 e. The first-order valence-corrected chi connectivity index (χ1v) is 9.65. The second kappa shape index (κ2) is 7.81. The van der Waals surface area contributed by atoms with E-state index in [4.69, 9.17) is 11.6 Å². The van der Waals surface area contributed by atoms with E-state index in [-0.39, 0.29) is 16.9 Å². The Morgan fingerprint density at radius 1 is 1.14 bits per heavy atom. The van der Waals surface area contributed by atoms with E-state index in [1.165, 1.54) is 29.4 Å². The number of halogens is 1. The number of carbonyl (C=O) groups is 1. The molecular formula is C20H20ClN5O3. The van der Waals surface area contributed by atoms with Crippen LogP contribution in [0.3, 0.4) is 0 Å². The van der Waals surface area contributed by atoms with E-state index in [9.17, 15) is 14.4 Å². The van der Waals surface area contributed by atoms with E-state index >= 15 is 0 Å². The molecule has 1 saturated heterocycles. The van der Waals surface area contributed by atoms with Gasteiger partial charge in [0.25, 0.3) is 11.5 Å². The Bertz CT molecular complexity index is 1180. The van der Waals surface area contributed by atoms with Crippen LogP contribution in [0.25, 0.3) is 11.0 Å². The van der Waals surface area contributed by atoms with Crippen molar-refractivity contribution < 1.29 is 4.79 Å². The molecule has 0 unspecified atom stereocenters. The van der Waals surface area contributed by atoms with Crippen LogP contribution in [0.1, 0.15) is 15.9 Å². The number of hydrogen-bond acceptors (Lipinski definition) is 5. The molecule has 1 aromatic carbocycles. The third-order valence-corrected chi connectivity index (χ3v) is 5.43. The number of nitrogens with zero attached hydrogens (tertiary/aromatic N) is 4. The SMILES string of the molecule is Cn1c(=O)[nH]c(=O)c2cc(C(=O)N3CCN(Cc4ccc(Cl)cc4)CC3)cnc21. The first-order valence-electron chi connectivity index (χ1n) is 9.27. The summed E-state index contributed by atoms with van der Waals surface area (Å²) in [7, 11) is 1.52. The van der Waals surface area contributed by atoms with Crippen molar-refractivity contribution in [2.24, 2.45) is 7.05 Å². The third-order valence-electron chi connectivity index (χ3n) is 5.18. The van der Waals surface area contributed by atoms with E-state index in [0.717, 1.165) is 19.6 Å². The van der Waals surface area contributed by atoms with Crippen LogP contribution in [0.2, 0.25) is 5.02 Å². The Morgan fingerprint density at radius 3 is 2.52 bits per heavy atom. The molecule has 0 radical (unpaired) electrons. The minimum absolute atomic E-state index is 0.168. The number of carbonyl (C=O) groups excluding carboxylic acids is 1. The molecule has 3 aromatic rings. The standard InChI is InChI=1S/C20H20ClN5O3/c1-24-17-16(18(27)23-20(24)29)10-14(11-22-17)19(28)26-8-6-25(7-9-26)12-13-2-4-15(21)5-3-13/h2-5,10-11H,6-9,12H2,1H3,(H,23,27,29). The number of fused-ring (bicyclic) bond motifs is 1. The zero-order valence-electron chi connectivity index (χ0n) is 15.9. The molecule has 1 aliphatic rings. The van der Waals surface area contributed by atoms with Gasteiger partial charge in [0.1, 0.15) is 5.65 Å². The summed E-state index contributed by atoms with van der Waals surface area (Å²) in [5.74, 6) is -0.168. The van der Waals surface area contributed by atoms with E-state index in [0.29, 0.717) is 23.7 Å². The van der Waals surface area contributed by atoms with Crippen LogP contribution in [-0.4, -0.2) is 56.4 Å². The number of aryl methyl sites for hydroxylation is 1. The maximum absolute atomic E-state index is 12.9. The molecule has 4 rings (SSSR count). The van der Waals surface area contributed by atoms with E-state index in [1.807, 2.05) is 24.3 Å². The molecule has 9 heteroatoms. The molecule has 0 bridgehead atoms. The fourth-order valence-corrected chi connectivity index (χ4v) is 3.62. The summed E-state index contributed by atoms with van der Waals surface area (Å²) in [5, 5.41) is 0.936. The van der Waals surface area contributed by atoms with Gasteiger partial charge in [-0.1, -0.05) is 23.7 Å². The summed E-state index contributed by atoms with van der Waals surface area (Å²) in [6.07, 6.45) is 1.42. The molecule has 1 fully saturated rings. The van der Waals surface area contributed by atoms with Gasteiger partial charge in [-0.25, -0.2) is 9.78 Å². The molecule has 150 valence electrons. The molecule has 3 heterocycles. The van der Waals surface area contributed by atoms with Crippen molar-refractivity contribution >= 4 is 28.5 Å². The van der Waals surface area contributed by atoms with Crippen molar-refractivity contribution in [3.05, 3.63) is 73.5 Å². The highest BCUT2D eigenvalue weighted by Gasteiger charge is 2.23. The molecule has 0 aliphatic carbocycles. The van der Waals surface area contributed by atoms with Gasteiger partial charge in [0.2, 0.25) is 0 Å². The lowest BCUT2D eigenvalue weighted by Gasteiger charge is -2.34. The van der Waals surface area contributed by atoms with Gasteiger partial charge in [-0.05, 0) is 23.8 Å². The number of aromatic amines is 1. The van der Waals surface area contributed by atoms with Gasteiger partial charge in [-0.15, -0.1) is 0 Å². The number of nitrogens with one attached hydrogen (secondary N) is 1. The minimum atomic E-state index is -0.543. The Labute approximate surface area is 171 Å². The maximum atomic E-state index is 12.9. The largest absolute Gasteiger partial charge is 0.336 e. The zero-order valence-corrected chi connectivity index (χ0v) is 16.6. The number of piperazine rings is 1. The summed E-state index contributed by atoms with van der Waals surface area (Å²) < 4.78 is 1.25. The predicted octanol–water partition coefficient (Wildman–Crippen LogP) is 1.23. The minimum Gasteiger partial charge on any atom is -0.336 e. The lowest BCUT2D eigenvalue weighted by Crippen LogP contribution is -2.48. The summed E-state index contributed by atoms with van der Waals surface area (Å²) >= 11 is 5.93. The maximum Gasteiger partial charge on any atom is 0.329 e. The number of H-pyrrole nitrogens is 1. The van der Waals surface area contributed by atoms with Crippen molar-refractivity contribution in [2.45, 2.75) is 6.54 Å². The summed E-state index contributed by atoms with van der Waals surface area (Å²) in [6.45, 7) is 3.50. The summed E-state index contributed by atoms with van der Waals surface area (Å²) in [5.41, 5.74) is 0.692. The molecule has 0 spiro atoms. The van der Waals surface area contributed by atoms with Gasteiger partial charge in [-0.2, -0.15) is 0 Å². The van der Waals surface area contributed by atoms with Gasteiger partial charge in [0, 0.05) is 51.0 Å². The quantitative estimate of drug-likeness (QED) is 0.697. The summed E-state index contributed by atoms with van der Waals surface area (Å²) in [6, 6.07) is 9.27. The number of aromatic nitrogens is 3. The lowest BCUT2D eigenvalue weighted by molar-refractivity contribution is 0.0628. The number of hydrogen-bond donors (Lipinski definition) is 1. The van der Waals surface area contributed by atoms with Crippen molar-refractivity contribution in [2.75, 3.05) is 26.2 Å². The highest BCUT2D eigenvalue weighted by atomic mass is 35.5. The van der Waals surface area contributed by atoms with Crippen LogP contribution in [0.4, 0.5) is 0 Å². The molecular weight excluding hydrogens is 394 g/mol. The van der Waals surface area contributed by atoms with E-state index < -0.39 is 11.2 Å². The van der Waals surface area contributed by atoms with Gasteiger partial charge < -0.3 is 4.90 Å². The van der Waals surface area contributed by atoms with Crippen LogP contribution in [0.5, 0.6) is 0 Å². The van der Waals surface area contributed by atoms with Crippen LogP contribution < -0.4 is 11.2 Å². The van der Waals surface area contributed by atoms with E-state index in [2.05, 4.69) is 14.9 Å². The van der Waals surface area contributed by atoms with Crippen LogP contribution in [-0.2, 0) is 13.6 Å². The van der Waals surface area contributed by atoms with Crippen molar-refractivity contribution in [3.8, 4) is 0 Å². The van der Waals surface area contributed by atoms with Gasteiger partial charge >= 0.3 is 5.69 Å². The molecule has 29 heavy (non-hydrogen) atoms. The average molecular weight is 414 g/mol. The normalized spacial score (nSPS) is 15.0. The molecule has 8 nitrogen and oxygen atoms in total. The van der Waals surface area contributed by atoms with E-state index in [1.54, 1.807) is 4.90 Å². The average Bonchev–Trinajstić information content (AvgIpc) is 2.73. The molecule has 2 aromatic heterocycles. The Morgan fingerprint density at radius 2 is 1.83 bits per heavy atom. The molecule has 1 amide bonds. The number of amides is 1. The Hall–Kier alpha value is -2.97. The fourth-order valence-electron chi connectivity index (χ4n) is 3.49. The van der Waals surface area contributed by atoms with Gasteiger partial charge in [-0.3, -0.25) is 24.0 Å². The summed E-state index contributed by atoms with van der Waals surface area (Å²) in [4.78, 5) is 47.1. The monoisotopic (exact) mass is 413 g/mol. The zero-order chi connectivity index (χ0) is 20.5. The Balaban J connectivity index is 1.46. The van der Waals surface area contributed by atoms with Crippen molar-refractivity contribution in [1.29, 1.82) is 0 Å². The molecule has 1 N–H and O–H groups in total. The Kier molecular flexibility index (Phi) is 5.21. The topological polar surface area (TPSA) is 91.3 Å². The van der Waals surface area contributed by atoms with Crippen molar-refractivity contribution in [3.63, 3.8) is 0 Å². The van der Waals surface area contributed by atoms with Crippen molar-refractivity contribution in [1.82, 2.24) is 24.3 Å². The van der Waals surface area contributed by atoms with Crippen LogP contribution in [0.15, 0.2) is 46.1 Å². The lowest BCUT2D eigenvalue weighted by atomic mass is 10.1. The van der Waals surface area contributed by atoms with Gasteiger partial charge in [0.15, 0.2) is 0 Å². The van der Waals surface area contributed by atoms with Crippen LogP contribution >= 0.6 is 11.6 Å². The highest BCUT2D eigenvalue weighted by molar-refractivity contribution is 6.30. The number of pyridine rings is 1. The van der Waals surface area contributed by atoms with Gasteiger partial charge in [0.05, 0.1) is 10.9 Å². The fraction of sp³-hybridized carbons (Fsp3) is 0.300.